The van der Waals surface area contributed by atoms with Crippen molar-refractivity contribution in [3.63, 3.8) is 0 Å². The minimum absolute atomic E-state index is 0.148. The van der Waals surface area contributed by atoms with Gasteiger partial charge in [0, 0.05) is 24.2 Å². The molecule has 0 aliphatic rings. The third-order valence-electron chi connectivity index (χ3n) is 2.44. The fraction of sp³-hybridized carbons (Fsp3) is 0.462. The third-order valence-corrected chi connectivity index (χ3v) is 2.44. The quantitative estimate of drug-likeness (QED) is 0.627. The number of aliphatic hydroxyl groups is 2. The summed E-state index contributed by atoms with van der Waals surface area (Å²) in [6.45, 7) is 2.00. The fourth-order valence-electron chi connectivity index (χ4n) is 1.45. The Bertz CT molecular complexity index is 348. The molecule has 4 nitrogen and oxygen atoms in total. The first-order valence-corrected chi connectivity index (χ1v) is 5.83. The van der Waals surface area contributed by atoms with Crippen LogP contribution in [0.2, 0.25) is 0 Å². The van der Waals surface area contributed by atoms with Gasteiger partial charge in [-0.15, -0.1) is 0 Å². The van der Waals surface area contributed by atoms with Crippen LogP contribution in [-0.4, -0.2) is 35.3 Å². The Kier molecular flexibility index (Phi) is 5.66. The molecule has 0 aliphatic heterocycles. The van der Waals surface area contributed by atoms with Gasteiger partial charge < -0.3 is 15.5 Å². The topological polar surface area (TPSA) is 69.6 Å². The van der Waals surface area contributed by atoms with Crippen molar-refractivity contribution >= 4 is 11.5 Å². The number of anilines is 1. The van der Waals surface area contributed by atoms with E-state index in [1.165, 1.54) is 0 Å². The molecule has 3 N–H and O–H groups in total. The van der Waals surface area contributed by atoms with Gasteiger partial charge in [-0.3, -0.25) is 4.79 Å². The lowest BCUT2D eigenvalue weighted by Gasteiger charge is -2.10. The van der Waals surface area contributed by atoms with Gasteiger partial charge in [0.15, 0.2) is 5.78 Å². The van der Waals surface area contributed by atoms with Gasteiger partial charge >= 0.3 is 0 Å². The summed E-state index contributed by atoms with van der Waals surface area (Å²) in [6.07, 6.45) is 0.647. The molecule has 94 valence electrons. The van der Waals surface area contributed by atoms with Crippen LogP contribution in [0, 0.1) is 0 Å². The summed E-state index contributed by atoms with van der Waals surface area (Å²) >= 11 is 0. The van der Waals surface area contributed by atoms with Gasteiger partial charge in [-0.1, -0.05) is 6.92 Å². The van der Waals surface area contributed by atoms with Gasteiger partial charge in [-0.25, -0.2) is 0 Å². The van der Waals surface area contributed by atoms with E-state index in [9.17, 15) is 4.79 Å². The van der Waals surface area contributed by atoms with Crippen LogP contribution in [0.15, 0.2) is 24.3 Å². The van der Waals surface area contributed by atoms with Crippen molar-refractivity contribution in [1.82, 2.24) is 0 Å². The molecule has 1 rings (SSSR count). The highest BCUT2D eigenvalue weighted by molar-refractivity contribution is 5.96. The number of carbonyl (C=O) groups excluding carboxylic acids is 1. The van der Waals surface area contributed by atoms with Crippen LogP contribution in [0.3, 0.4) is 0 Å². The lowest BCUT2D eigenvalue weighted by molar-refractivity contribution is 0.0981. The predicted octanol–water partition coefficient (Wildman–Crippen LogP) is 1.43. The van der Waals surface area contributed by atoms with Gasteiger partial charge in [0.2, 0.25) is 0 Å². The summed E-state index contributed by atoms with van der Waals surface area (Å²) in [7, 11) is 0. The van der Waals surface area contributed by atoms with Crippen LogP contribution in [-0.2, 0) is 0 Å². The molecule has 17 heavy (non-hydrogen) atoms. The van der Waals surface area contributed by atoms with Crippen LogP contribution in [0.5, 0.6) is 0 Å². The van der Waals surface area contributed by atoms with E-state index in [1.54, 1.807) is 24.3 Å². The molecule has 1 atom stereocenters. The molecule has 4 heteroatoms. The van der Waals surface area contributed by atoms with Gasteiger partial charge in [0.25, 0.3) is 0 Å². The first-order chi connectivity index (χ1) is 8.17. The molecule has 0 spiro atoms. The van der Waals surface area contributed by atoms with Crippen molar-refractivity contribution in [2.75, 3.05) is 18.5 Å². The van der Waals surface area contributed by atoms with Crippen molar-refractivity contribution in [1.29, 1.82) is 0 Å². The summed E-state index contributed by atoms with van der Waals surface area (Å²) in [6, 6.07) is 7.14. The maximum Gasteiger partial charge on any atom is 0.162 e. The number of Topliss-reactive ketones (excluding diaryl/α,β-unsaturated/α-hetero) is 1. The zero-order valence-electron chi connectivity index (χ0n) is 10.0. The molecule has 0 aromatic heterocycles. The number of nitrogens with one attached hydrogen (secondary N) is 1. The number of ketones is 1. The Balaban J connectivity index is 2.53. The first-order valence-electron chi connectivity index (χ1n) is 5.83. The van der Waals surface area contributed by atoms with E-state index in [-0.39, 0.29) is 12.4 Å². The Morgan fingerprint density at radius 3 is 2.53 bits per heavy atom. The van der Waals surface area contributed by atoms with Crippen molar-refractivity contribution in [2.45, 2.75) is 25.9 Å². The molecule has 0 saturated heterocycles. The van der Waals surface area contributed by atoms with E-state index < -0.39 is 6.10 Å². The standard InChI is InChI=1S/C13H19NO3/c1-2-3-13(17)10-4-6-11(7-5-10)14-8-12(16)9-15/h4-7,12,14-16H,2-3,8-9H2,1H3. The van der Waals surface area contributed by atoms with Crippen molar-refractivity contribution < 1.29 is 15.0 Å². The zero-order valence-corrected chi connectivity index (χ0v) is 10.0. The largest absolute Gasteiger partial charge is 0.394 e. The number of aliphatic hydroxyl groups excluding tert-OH is 2. The van der Waals surface area contributed by atoms with E-state index in [0.29, 0.717) is 18.5 Å². The Morgan fingerprint density at radius 2 is 2.00 bits per heavy atom. The summed E-state index contributed by atoms with van der Waals surface area (Å²) in [5.74, 6) is 0.148. The Morgan fingerprint density at radius 1 is 1.35 bits per heavy atom. The molecule has 1 aromatic rings. The summed E-state index contributed by atoms with van der Waals surface area (Å²) in [4.78, 5) is 11.6. The number of benzene rings is 1. The van der Waals surface area contributed by atoms with E-state index in [0.717, 1.165) is 12.1 Å². The van der Waals surface area contributed by atoms with Crippen molar-refractivity contribution in [3.8, 4) is 0 Å². The molecule has 0 saturated carbocycles. The maximum atomic E-state index is 11.6. The Hall–Kier alpha value is -1.39. The molecular weight excluding hydrogens is 218 g/mol. The van der Waals surface area contributed by atoms with Crippen LogP contribution in [0.25, 0.3) is 0 Å². The normalized spacial score (nSPS) is 12.2. The summed E-state index contributed by atoms with van der Waals surface area (Å²) < 4.78 is 0. The fourth-order valence-corrected chi connectivity index (χ4v) is 1.45. The van der Waals surface area contributed by atoms with Gasteiger partial charge in [0.1, 0.15) is 0 Å². The molecule has 0 radical (unpaired) electrons. The highest BCUT2D eigenvalue weighted by Gasteiger charge is 2.05. The van der Waals surface area contributed by atoms with E-state index >= 15 is 0 Å². The summed E-state index contributed by atoms with van der Waals surface area (Å²) in [5, 5.41) is 20.8. The van der Waals surface area contributed by atoms with Crippen molar-refractivity contribution in [2.24, 2.45) is 0 Å². The maximum absolute atomic E-state index is 11.6. The number of hydrogen-bond acceptors (Lipinski definition) is 4. The average molecular weight is 237 g/mol. The van der Waals surface area contributed by atoms with Crippen LogP contribution >= 0.6 is 0 Å². The number of carbonyl (C=O) groups is 1. The highest BCUT2D eigenvalue weighted by Crippen LogP contribution is 2.11. The van der Waals surface area contributed by atoms with Crippen molar-refractivity contribution in [3.05, 3.63) is 29.8 Å². The molecular formula is C13H19NO3. The lowest BCUT2D eigenvalue weighted by atomic mass is 10.1. The second-order valence-electron chi connectivity index (χ2n) is 3.97. The molecule has 1 unspecified atom stereocenters. The van der Waals surface area contributed by atoms with Crippen LogP contribution in [0.4, 0.5) is 5.69 Å². The monoisotopic (exact) mass is 237 g/mol. The van der Waals surface area contributed by atoms with Gasteiger partial charge in [0.05, 0.1) is 12.7 Å². The van der Waals surface area contributed by atoms with E-state index in [1.807, 2.05) is 6.92 Å². The van der Waals surface area contributed by atoms with E-state index in [4.69, 9.17) is 10.2 Å². The second kappa shape index (κ2) is 7.04. The summed E-state index contributed by atoms with van der Waals surface area (Å²) in [5.41, 5.74) is 1.53. The molecule has 0 fully saturated rings. The van der Waals surface area contributed by atoms with Crippen LogP contribution < -0.4 is 5.32 Å². The predicted molar refractivity (Wildman–Crippen MR) is 67.3 cm³/mol. The van der Waals surface area contributed by atoms with Crippen LogP contribution in [0.1, 0.15) is 30.1 Å². The first kappa shape index (κ1) is 13.7. The highest BCUT2D eigenvalue weighted by atomic mass is 16.3. The molecule has 0 bridgehead atoms. The molecule has 0 aliphatic carbocycles. The second-order valence-corrected chi connectivity index (χ2v) is 3.97. The molecule has 0 heterocycles. The van der Waals surface area contributed by atoms with Gasteiger partial charge in [-0.05, 0) is 30.7 Å². The third kappa shape index (κ3) is 4.54. The minimum atomic E-state index is -0.767. The average Bonchev–Trinajstić information content (AvgIpc) is 2.36. The van der Waals surface area contributed by atoms with E-state index in [2.05, 4.69) is 5.32 Å². The smallest absolute Gasteiger partial charge is 0.162 e. The molecule has 1 aromatic carbocycles. The Labute approximate surface area is 101 Å². The lowest BCUT2D eigenvalue weighted by Crippen LogP contribution is -2.22. The number of rotatable bonds is 7. The minimum Gasteiger partial charge on any atom is -0.394 e. The van der Waals surface area contributed by atoms with Gasteiger partial charge in [-0.2, -0.15) is 0 Å². The SMILES string of the molecule is CCCC(=O)c1ccc(NCC(O)CO)cc1. The number of hydrogen-bond donors (Lipinski definition) is 3. The molecule has 0 amide bonds. The zero-order chi connectivity index (χ0) is 12.7.